The SMILES string of the molecule is C[C@H](C(O)=C(O)C(=O)O)[C@H]1CC[C@H]2[C@@H]3CCC4CCCC[C@]4(C)[C@H]3CC[C@]12C. The molecule has 0 saturated heterocycles. The molecule has 4 aliphatic rings. The van der Waals surface area contributed by atoms with Crippen LogP contribution < -0.4 is 0 Å². The van der Waals surface area contributed by atoms with E-state index >= 15 is 0 Å². The van der Waals surface area contributed by atoms with Crippen molar-refractivity contribution in [2.45, 2.75) is 85.0 Å². The van der Waals surface area contributed by atoms with Gasteiger partial charge in [-0.2, -0.15) is 0 Å². The van der Waals surface area contributed by atoms with Crippen molar-refractivity contribution in [3.63, 3.8) is 0 Å². The Bertz CT molecular complexity index is 670. The van der Waals surface area contributed by atoms with Gasteiger partial charge in [-0.05, 0) is 91.8 Å². The van der Waals surface area contributed by atoms with Gasteiger partial charge in [0.2, 0.25) is 5.76 Å². The summed E-state index contributed by atoms with van der Waals surface area (Å²) in [5.74, 6) is 0.538. The highest BCUT2D eigenvalue weighted by Gasteiger charge is 2.60. The summed E-state index contributed by atoms with van der Waals surface area (Å²) in [7, 11) is 0. The van der Waals surface area contributed by atoms with Crippen LogP contribution in [0.15, 0.2) is 11.5 Å². The maximum Gasteiger partial charge on any atom is 0.374 e. The Balaban J connectivity index is 1.59. The van der Waals surface area contributed by atoms with Crippen molar-refractivity contribution in [2.24, 2.45) is 46.3 Å². The maximum absolute atomic E-state index is 11.1. The fraction of sp³-hybridized carbons (Fsp3) is 0.875. The molecule has 0 aromatic carbocycles. The lowest BCUT2D eigenvalue weighted by Gasteiger charge is -2.60. The lowest BCUT2D eigenvalue weighted by Crippen LogP contribution is -2.53. The van der Waals surface area contributed by atoms with E-state index in [4.69, 9.17) is 5.11 Å². The van der Waals surface area contributed by atoms with Crippen molar-refractivity contribution in [1.82, 2.24) is 0 Å². The molecule has 4 saturated carbocycles. The minimum atomic E-state index is -1.43. The van der Waals surface area contributed by atoms with Gasteiger partial charge in [-0.1, -0.05) is 33.6 Å². The number of carbonyl (C=O) groups is 1. The van der Waals surface area contributed by atoms with Crippen molar-refractivity contribution in [2.75, 3.05) is 0 Å². The van der Waals surface area contributed by atoms with E-state index in [2.05, 4.69) is 13.8 Å². The molecule has 0 aromatic rings. The Labute approximate surface area is 169 Å². The van der Waals surface area contributed by atoms with Crippen LogP contribution in [-0.2, 0) is 4.79 Å². The van der Waals surface area contributed by atoms with E-state index in [-0.39, 0.29) is 23.0 Å². The number of aliphatic hydroxyl groups excluding tert-OH is 2. The number of fused-ring (bicyclic) bond motifs is 5. The second-order valence-corrected chi connectivity index (χ2v) is 11.0. The van der Waals surface area contributed by atoms with Crippen molar-refractivity contribution >= 4 is 5.97 Å². The zero-order valence-corrected chi connectivity index (χ0v) is 17.8. The van der Waals surface area contributed by atoms with Crippen molar-refractivity contribution in [3.8, 4) is 0 Å². The van der Waals surface area contributed by atoms with E-state index in [1.165, 1.54) is 57.8 Å². The standard InChI is InChI=1S/C24H38O4/c1-14(20(25)21(26)22(27)28)17-9-10-18-16-8-7-15-6-4-5-12-23(15,2)19(16)11-13-24(17,18)3/h14-19,25-26H,4-13H2,1-3H3,(H,27,28)/t14-,15?,16-,17+,18-,19-,23-,24+/m0/s1. The molecule has 8 atom stereocenters. The molecule has 4 fully saturated rings. The maximum atomic E-state index is 11.1. The molecule has 28 heavy (non-hydrogen) atoms. The molecule has 4 aliphatic carbocycles. The molecular formula is C24H38O4. The summed E-state index contributed by atoms with van der Waals surface area (Å²) in [6, 6.07) is 0. The van der Waals surface area contributed by atoms with Crippen molar-refractivity contribution in [3.05, 3.63) is 11.5 Å². The van der Waals surface area contributed by atoms with Gasteiger partial charge in [0, 0.05) is 5.92 Å². The first kappa shape index (κ1) is 20.1. The summed E-state index contributed by atoms with van der Waals surface area (Å²) < 4.78 is 0. The molecule has 158 valence electrons. The lowest BCUT2D eigenvalue weighted by atomic mass is 9.44. The van der Waals surface area contributed by atoms with Crippen molar-refractivity contribution in [1.29, 1.82) is 0 Å². The largest absolute Gasteiger partial charge is 0.508 e. The Morgan fingerprint density at radius 2 is 1.57 bits per heavy atom. The zero-order valence-electron chi connectivity index (χ0n) is 17.8. The average Bonchev–Trinajstić information content (AvgIpc) is 3.02. The molecule has 1 unspecified atom stereocenters. The number of allylic oxidation sites excluding steroid dienone is 1. The van der Waals surface area contributed by atoms with Gasteiger partial charge in [0.1, 0.15) is 5.76 Å². The fourth-order valence-electron chi connectivity index (χ4n) is 8.67. The predicted molar refractivity (Wildman–Crippen MR) is 109 cm³/mol. The Hall–Kier alpha value is -1.19. The Morgan fingerprint density at radius 3 is 2.29 bits per heavy atom. The minimum absolute atomic E-state index is 0.144. The van der Waals surface area contributed by atoms with E-state index in [1.54, 1.807) is 0 Å². The van der Waals surface area contributed by atoms with Gasteiger partial charge in [0.05, 0.1) is 0 Å². The third-order valence-electron chi connectivity index (χ3n) is 10.1. The summed E-state index contributed by atoms with van der Waals surface area (Å²) in [4.78, 5) is 11.1. The summed E-state index contributed by atoms with van der Waals surface area (Å²) in [6.07, 6.45) is 13.1. The van der Waals surface area contributed by atoms with E-state index in [9.17, 15) is 15.0 Å². The molecule has 0 aliphatic heterocycles. The van der Waals surface area contributed by atoms with Crippen LogP contribution in [0.5, 0.6) is 0 Å². The first-order valence-corrected chi connectivity index (χ1v) is 11.6. The number of carboxylic acids is 1. The van der Waals surface area contributed by atoms with Gasteiger partial charge in [-0.25, -0.2) is 4.79 Å². The Kier molecular flexibility index (Phi) is 4.99. The van der Waals surface area contributed by atoms with Crippen LogP contribution in [0.3, 0.4) is 0 Å². The third kappa shape index (κ3) is 2.81. The van der Waals surface area contributed by atoms with E-state index in [1.807, 2.05) is 6.92 Å². The molecule has 0 spiro atoms. The number of hydrogen-bond donors (Lipinski definition) is 3. The third-order valence-corrected chi connectivity index (χ3v) is 10.1. The summed E-state index contributed by atoms with van der Waals surface area (Å²) in [5, 5.41) is 29.3. The lowest BCUT2D eigenvalue weighted by molar-refractivity contribution is -0.136. The highest BCUT2D eigenvalue weighted by Crippen LogP contribution is 2.68. The molecule has 0 amide bonds. The van der Waals surface area contributed by atoms with E-state index in [0.717, 1.165) is 24.2 Å². The molecule has 0 heterocycles. The van der Waals surface area contributed by atoms with Gasteiger partial charge < -0.3 is 15.3 Å². The zero-order chi connectivity index (χ0) is 20.3. The van der Waals surface area contributed by atoms with E-state index in [0.29, 0.717) is 11.3 Å². The van der Waals surface area contributed by atoms with Gasteiger partial charge >= 0.3 is 5.97 Å². The van der Waals surface area contributed by atoms with E-state index < -0.39 is 11.7 Å². The van der Waals surface area contributed by atoms with Gasteiger partial charge in [0.25, 0.3) is 0 Å². The molecule has 4 heteroatoms. The van der Waals surface area contributed by atoms with Crippen molar-refractivity contribution < 1.29 is 20.1 Å². The van der Waals surface area contributed by atoms with Crippen LogP contribution in [0.25, 0.3) is 0 Å². The van der Waals surface area contributed by atoms with Crippen LogP contribution in [-0.4, -0.2) is 21.3 Å². The number of hydrogen-bond acceptors (Lipinski definition) is 3. The quantitative estimate of drug-likeness (QED) is 0.403. The van der Waals surface area contributed by atoms with Crippen LogP contribution in [0.1, 0.15) is 85.0 Å². The van der Waals surface area contributed by atoms with Gasteiger partial charge in [-0.15, -0.1) is 0 Å². The molecule has 0 radical (unpaired) electrons. The number of aliphatic hydroxyl groups is 2. The summed E-state index contributed by atoms with van der Waals surface area (Å²) in [6.45, 7) is 6.88. The highest BCUT2D eigenvalue weighted by atomic mass is 16.4. The smallest absolute Gasteiger partial charge is 0.374 e. The van der Waals surface area contributed by atoms with Crippen LogP contribution >= 0.6 is 0 Å². The first-order valence-electron chi connectivity index (χ1n) is 11.6. The number of carboxylic acid groups (broad SMARTS) is 1. The predicted octanol–water partition coefficient (Wildman–Crippen LogP) is 6.08. The average molecular weight is 391 g/mol. The molecule has 3 N–H and O–H groups in total. The molecule has 0 bridgehead atoms. The normalized spacial score (nSPS) is 47.3. The molecule has 4 nitrogen and oxygen atoms in total. The fourth-order valence-corrected chi connectivity index (χ4v) is 8.67. The summed E-state index contributed by atoms with van der Waals surface area (Å²) in [5.41, 5.74) is 0.668. The second kappa shape index (κ2) is 6.95. The topological polar surface area (TPSA) is 77.8 Å². The highest BCUT2D eigenvalue weighted by molar-refractivity contribution is 5.84. The monoisotopic (exact) mass is 390 g/mol. The molecule has 4 rings (SSSR count). The van der Waals surface area contributed by atoms with Gasteiger partial charge in [-0.3, -0.25) is 0 Å². The Morgan fingerprint density at radius 1 is 0.857 bits per heavy atom. The second-order valence-electron chi connectivity index (χ2n) is 11.0. The molecule has 0 aromatic heterocycles. The number of rotatable bonds is 3. The summed E-state index contributed by atoms with van der Waals surface area (Å²) >= 11 is 0. The minimum Gasteiger partial charge on any atom is -0.508 e. The van der Waals surface area contributed by atoms with Gasteiger partial charge in [0.15, 0.2) is 0 Å². The number of aliphatic carboxylic acids is 1. The van der Waals surface area contributed by atoms with Crippen LogP contribution in [0, 0.1) is 46.3 Å². The first-order chi connectivity index (χ1) is 13.2. The van der Waals surface area contributed by atoms with Crippen LogP contribution in [0.4, 0.5) is 0 Å². The van der Waals surface area contributed by atoms with Crippen LogP contribution in [0.2, 0.25) is 0 Å². The molecular weight excluding hydrogens is 352 g/mol.